The van der Waals surface area contributed by atoms with Crippen molar-refractivity contribution in [1.82, 2.24) is 10.4 Å². The molecule has 3 atom stereocenters. The van der Waals surface area contributed by atoms with Crippen LogP contribution in [0.25, 0.3) is 0 Å². The standard InChI is InChI=1S/C16H27N3/c1-10-5-11(2)7-14(6-10)16(19-17)15-8-12(3)18-13(4)9-15/h8-11,14,16,19H,5-7,17H2,1-4H3. The minimum Gasteiger partial charge on any atom is -0.271 e. The highest BCUT2D eigenvalue weighted by Crippen LogP contribution is 2.39. The van der Waals surface area contributed by atoms with Gasteiger partial charge in [0.2, 0.25) is 0 Å². The highest BCUT2D eigenvalue weighted by atomic mass is 15.2. The van der Waals surface area contributed by atoms with E-state index in [-0.39, 0.29) is 6.04 Å². The lowest BCUT2D eigenvalue weighted by molar-refractivity contribution is 0.177. The Morgan fingerprint density at radius 2 is 1.63 bits per heavy atom. The van der Waals surface area contributed by atoms with E-state index in [1.165, 1.54) is 24.8 Å². The first kappa shape index (κ1) is 14.5. The number of hydrogen-bond acceptors (Lipinski definition) is 3. The van der Waals surface area contributed by atoms with E-state index >= 15 is 0 Å². The molecule has 0 radical (unpaired) electrons. The van der Waals surface area contributed by atoms with Crippen LogP contribution in [0.5, 0.6) is 0 Å². The summed E-state index contributed by atoms with van der Waals surface area (Å²) in [6.45, 7) is 8.82. The number of nitrogens with zero attached hydrogens (tertiary/aromatic N) is 1. The molecule has 2 rings (SSSR count). The largest absolute Gasteiger partial charge is 0.271 e. The number of hydrazine groups is 1. The quantitative estimate of drug-likeness (QED) is 0.648. The van der Waals surface area contributed by atoms with Gasteiger partial charge in [-0.1, -0.05) is 13.8 Å². The van der Waals surface area contributed by atoms with Crippen LogP contribution >= 0.6 is 0 Å². The zero-order valence-electron chi connectivity index (χ0n) is 12.6. The van der Waals surface area contributed by atoms with E-state index in [2.05, 4.69) is 50.2 Å². The van der Waals surface area contributed by atoms with Gasteiger partial charge in [-0.3, -0.25) is 16.3 Å². The van der Waals surface area contributed by atoms with Crippen molar-refractivity contribution in [3.05, 3.63) is 29.1 Å². The van der Waals surface area contributed by atoms with Gasteiger partial charge in [-0.2, -0.15) is 0 Å². The van der Waals surface area contributed by atoms with Crippen LogP contribution in [0, 0.1) is 31.6 Å². The third kappa shape index (κ3) is 3.54. The molecule has 3 N–H and O–H groups in total. The van der Waals surface area contributed by atoms with Crippen molar-refractivity contribution in [3.8, 4) is 0 Å². The first-order valence-electron chi connectivity index (χ1n) is 7.41. The van der Waals surface area contributed by atoms with Crippen LogP contribution in [0.15, 0.2) is 12.1 Å². The third-order valence-electron chi connectivity index (χ3n) is 4.33. The molecule has 1 aliphatic rings. The summed E-state index contributed by atoms with van der Waals surface area (Å²) in [5.74, 6) is 8.09. The van der Waals surface area contributed by atoms with Crippen LogP contribution in [0.1, 0.15) is 56.1 Å². The van der Waals surface area contributed by atoms with Crippen molar-refractivity contribution in [2.75, 3.05) is 0 Å². The van der Waals surface area contributed by atoms with Crippen molar-refractivity contribution in [3.63, 3.8) is 0 Å². The second kappa shape index (κ2) is 6.02. The van der Waals surface area contributed by atoms with Gasteiger partial charge in [0, 0.05) is 17.4 Å². The lowest BCUT2D eigenvalue weighted by Gasteiger charge is -2.36. The van der Waals surface area contributed by atoms with Crippen molar-refractivity contribution >= 4 is 0 Å². The van der Waals surface area contributed by atoms with Crippen LogP contribution in [0.3, 0.4) is 0 Å². The molecule has 0 aromatic carbocycles. The molecular weight excluding hydrogens is 234 g/mol. The Balaban J connectivity index is 2.23. The average molecular weight is 261 g/mol. The molecule has 1 aromatic heterocycles. The van der Waals surface area contributed by atoms with E-state index < -0.39 is 0 Å². The SMILES string of the molecule is Cc1cc(C(NN)C2CC(C)CC(C)C2)cc(C)n1. The van der Waals surface area contributed by atoms with E-state index in [1.54, 1.807) is 0 Å². The molecule has 0 saturated heterocycles. The van der Waals surface area contributed by atoms with Crippen molar-refractivity contribution < 1.29 is 0 Å². The van der Waals surface area contributed by atoms with Gasteiger partial charge in [0.15, 0.2) is 0 Å². The van der Waals surface area contributed by atoms with Gasteiger partial charge in [-0.05, 0) is 68.6 Å². The van der Waals surface area contributed by atoms with Crippen molar-refractivity contribution in [2.45, 2.75) is 53.0 Å². The molecule has 106 valence electrons. The fourth-order valence-corrected chi connectivity index (χ4v) is 3.83. The molecule has 0 spiro atoms. The van der Waals surface area contributed by atoms with Gasteiger partial charge in [0.05, 0.1) is 0 Å². The van der Waals surface area contributed by atoms with Gasteiger partial charge < -0.3 is 0 Å². The summed E-state index contributed by atoms with van der Waals surface area (Å²) < 4.78 is 0. The Bertz CT molecular complexity index is 400. The van der Waals surface area contributed by atoms with Gasteiger partial charge in [0.1, 0.15) is 0 Å². The topological polar surface area (TPSA) is 50.9 Å². The Labute approximate surface area is 117 Å². The number of rotatable bonds is 3. The summed E-state index contributed by atoms with van der Waals surface area (Å²) in [5.41, 5.74) is 6.50. The lowest BCUT2D eigenvalue weighted by atomic mass is 9.72. The molecule has 19 heavy (non-hydrogen) atoms. The second-order valence-corrected chi connectivity index (χ2v) is 6.51. The number of aryl methyl sites for hydroxylation is 2. The summed E-state index contributed by atoms with van der Waals surface area (Å²) in [6.07, 6.45) is 3.88. The van der Waals surface area contributed by atoms with Crippen molar-refractivity contribution in [1.29, 1.82) is 0 Å². The third-order valence-corrected chi connectivity index (χ3v) is 4.33. The van der Waals surface area contributed by atoms with Crippen molar-refractivity contribution in [2.24, 2.45) is 23.6 Å². The fraction of sp³-hybridized carbons (Fsp3) is 0.688. The van der Waals surface area contributed by atoms with Gasteiger partial charge in [0.25, 0.3) is 0 Å². The first-order valence-corrected chi connectivity index (χ1v) is 7.41. The van der Waals surface area contributed by atoms with Crippen LogP contribution in [0.2, 0.25) is 0 Å². The normalized spacial score (nSPS) is 29.2. The second-order valence-electron chi connectivity index (χ2n) is 6.51. The smallest absolute Gasteiger partial charge is 0.0489 e. The highest BCUT2D eigenvalue weighted by Gasteiger charge is 2.30. The molecule has 1 heterocycles. The number of nitrogens with two attached hydrogens (primary N) is 1. The first-order chi connectivity index (χ1) is 8.99. The summed E-state index contributed by atoms with van der Waals surface area (Å²) >= 11 is 0. The van der Waals surface area contributed by atoms with Crippen LogP contribution in [0.4, 0.5) is 0 Å². The molecule has 0 aliphatic heterocycles. The van der Waals surface area contributed by atoms with E-state index in [9.17, 15) is 0 Å². The molecule has 0 bridgehead atoms. The number of aromatic nitrogens is 1. The predicted octanol–water partition coefficient (Wildman–Crippen LogP) is 3.28. The maximum Gasteiger partial charge on any atom is 0.0489 e. The number of nitrogens with one attached hydrogen (secondary N) is 1. The molecule has 1 fully saturated rings. The Morgan fingerprint density at radius 3 is 2.11 bits per heavy atom. The monoisotopic (exact) mass is 261 g/mol. The molecule has 1 saturated carbocycles. The number of hydrogen-bond donors (Lipinski definition) is 2. The van der Waals surface area contributed by atoms with Crippen LogP contribution < -0.4 is 11.3 Å². The van der Waals surface area contributed by atoms with E-state index in [0.717, 1.165) is 23.2 Å². The summed E-state index contributed by atoms with van der Waals surface area (Å²) in [4.78, 5) is 4.46. The van der Waals surface area contributed by atoms with Crippen LogP contribution in [-0.2, 0) is 0 Å². The Morgan fingerprint density at radius 1 is 1.11 bits per heavy atom. The fourth-order valence-electron chi connectivity index (χ4n) is 3.83. The number of pyridine rings is 1. The molecule has 0 amide bonds. The van der Waals surface area contributed by atoms with E-state index in [1.807, 2.05) is 0 Å². The molecule has 3 nitrogen and oxygen atoms in total. The molecule has 1 aromatic rings. The Kier molecular flexibility index (Phi) is 4.58. The average Bonchev–Trinajstić information content (AvgIpc) is 2.27. The van der Waals surface area contributed by atoms with Gasteiger partial charge in [-0.15, -0.1) is 0 Å². The maximum absolute atomic E-state index is 5.86. The summed E-state index contributed by atoms with van der Waals surface area (Å²) in [7, 11) is 0. The summed E-state index contributed by atoms with van der Waals surface area (Å²) in [5, 5.41) is 0. The van der Waals surface area contributed by atoms with E-state index in [4.69, 9.17) is 5.84 Å². The van der Waals surface area contributed by atoms with Gasteiger partial charge in [-0.25, -0.2) is 0 Å². The molecule has 3 unspecified atom stereocenters. The zero-order chi connectivity index (χ0) is 14.0. The van der Waals surface area contributed by atoms with Gasteiger partial charge >= 0.3 is 0 Å². The maximum atomic E-state index is 5.86. The molecule has 3 heteroatoms. The minimum absolute atomic E-state index is 0.255. The lowest BCUT2D eigenvalue weighted by Crippen LogP contribution is -2.37. The molecular formula is C16H27N3. The molecule has 1 aliphatic carbocycles. The van der Waals surface area contributed by atoms with E-state index in [0.29, 0.717) is 5.92 Å². The van der Waals surface area contributed by atoms with Crippen LogP contribution in [-0.4, -0.2) is 4.98 Å². The Hall–Kier alpha value is -0.930. The zero-order valence-corrected chi connectivity index (χ0v) is 12.6. The predicted molar refractivity (Wildman–Crippen MR) is 79.4 cm³/mol. The summed E-state index contributed by atoms with van der Waals surface area (Å²) in [6, 6.07) is 4.59. The minimum atomic E-state index is 0.255. The highest BCUT2D eigenvalue weighted by molar-refractivity contribution is 5.24.